The fourth-order valence-corrected chi connectivity index (χ4v) is 8.54. The van der Waals surface area contributed by atoms with E-state index >= 15 is 0 Å². The number of benzene rings is 4. The van der Waals surface area contributed by atoms with Crippen LogP contribution in [0.4, 0.5) is 0 Å². The summed E-state index contributed by atoms with van der Waals surface area (Å²) in [6.07, 6.45) is 0. The molecule has 8 aliphatic rings. The average molecular weight is 495 g/mol. The standard InChI is InChI=1S/C32H18N2O4/c35-27-19-11-5-9-17-23-15-7-1-3-13-21(15)31(25(17)19,29(37)33-27)32-22-14-4-2-8-16(22)24(23)18-10-6-12-20(26(18)32)28(36)34-30(32)38/h1-14,23-24H,(H,33,35,37)(H,34,36,38)/t23-,24+,31+,32-. The Morgan fingerprint density at radius 2 is 0.868 bits per heavy atom. The molecular weight excluding hydrogens is 476 g/mol. The molecule has 4 amide bonds. The molecule has 38 heavy (non-hydrogen) atoms. The molecule has 12 rings (SSSR count). The smallest absolute Gasteiger partial charge is 0.258 e. The summed E-state index contributed by atoms with van der Waals surface area (Å²) < 4.78 is 0. The van der Waals surface area contributed by atoms with Crippen LogP contribution in [0.5, 0.6) is 0 Å². The van der Waals surface area contributed by atoms with Gasteiger partial charge in [-0.3, -0.25) is 29.8 Å². The van der Waals surface area contributed by atoms with Crippen molar-refractivity contribution in [2.75, 3.05) is 0 Å². The van der Waals surface area contributed by atoms with E-state index in [4.69, 9.17) is 0 Å². The molecule has 0 fully saturated rings. The highest BCUT2D eigenvalue weighted by molar-refractivity contribution is 6.24. The molecule has 0 aromatic heterocycles. The molecule has 2 aliphatic heterocycles. The minimum atomic E-state index is -1.61. The molecule has 6 aliphatic carbocycles. The highest BCUT2D eigenvalue weighted by Crippen LogP contribution is 2.70. The lowest BCUT2D eigenvalue weighted by Crippen LogP contribution is -2.73. The van der Waals surface area contributed by atoms with Gasteiger partial charge in [-0.1, -0.05) is 72.8 Å². The van der Waals surface area contributed by atoms with Gasteiger partial charge >= 0.3 is 0 Å². The normalized spacial score (nSPS) is 28.3. The maximum absolute atomic E-state index is 14.7. The second kappa shape index (κ2) is 6.17. The first-order valence-corrected chi connectivity index (χ1v) is 12.7. The third-order valence-corrected chi connectivity index (χ3v) is 9.53. The van der Waals surface area contributed by atoms with Crippen molar-refractivity contribution < 1.29 is 19.2 Å². The summed E-state index contributed by atoms with van der Waals surface area (Å²) in [6, 6.07) is 26.8. The van der Waals surface area contributed by atoms with Crippen LogP contribution in [0.3, 0.4) is 0 Å². The van der Waals surface area contributed by atoms with Crippen LogP contribution in [0.15, 0.2) is 84.9 Å². The molecule has 6 heteroatoms. The number of nitrogens with one attached hydrogen (secondary N) is 2. The quantitative estimate of drug-likeness (QED) is 0.367. The zero-order valence-electron chi connectivity index (χ0n) is 19.9. The minimum Gasteiger partial charge on any atom is -0.291 e. The first-order chi connectivity index (χ1) is 18.5. The number of hydrogen-bond acceptors (Lipinski definition) is 4. The van der Waals surface area contributed by atoms with Crippen molar-refractivity contribution in [3.8, 4) is 0 Å². The summed E-state index contributed by atoms with van der Waals surface area (Å²) in [5.74, 6) is -2.48. The van der Waals surface area contributed by atoms with Gasteiger partial charge < -0.3 is 0 Å². The third-order valence-electron chi connectivity index (χ3n) is 9.53. The first-order valence-electron chi connectivity index (χ1n) is 12.7. The fourth-order valence-electron chi connectivity index (χ4n) is 8.54. The van der Waals surface area contributed by atoms with Crippen LogP contribution in [0.25, 0.3) is 0 Å². The van der Waals surface area contributed by atoms with Crippen molar-refractivity contribution >= 4 is 23.6 Å². The molecule has 0 saturated heterocycles. The lowest BCUT2D eigenvalue weighted by molar-refractivity contribution is -0.136. The monoisotopic (exact) mass is 494 g/mol. The van der Waals surface area contributed by atoms with E-state index in [1.165, 1.54) is 0 Å². The summed E-state index contributed by atoms with van der Waals surface area (Å²) in [5.41, 5.74) is 3.82. The van der Waals surface area contributed by atoms with Crippen LogP contribution in [0.2, 0.25) is 0 Å². The largest absolute Gasteiger partial charge is 0.291 e. The fraction of sp³-hybridized carbons (Fsp3) is 0.125. The number of rotatable bonds is 0. The molecule has 2 N–H and O–H groups in total. The van der Waals surface area contributed by atoms with E-state index in [1.807, 2.05) is 72.8 Å². The topological polar surface area (TPSA) is 92.3 Å². The SMILES string of the molecule is O=C1NC(=O)[C@]23c4ccccc4[C@H](c4cccc1c42)[C@H]1c2ccccc2[C@@]32C(=O)NC(=O)c3cccc1c32. The molecule has 2 spiro atoms. The predicted molar refractivity (Wildman–Crippen MR) is 136 cm³/mol. The van der Waals surface area contributed by atoms with Gasteiger partial charge in [-0.2, -0.15) is 0 Å². The zero-order chi connectivity index (χ0) is 25.6. The number of carbonyl (C=O) groups is 4. The van der Waals surface area contributed by atoms with Crippen molar-refractivity contribution in [2.24, 2.45) is 0 Å². The summed E-state index contributed by atoms with van der Waals surface area (Å²) in [4.78, 5) is 56.1. The van der Waals surface area contributed by atoms with E-state index in [0.717, 1.165) is 22.3 Å². The van der Waals surface area contributed by atoms with Gasteiger partial charge in [0.15, 0.2) is 0 Å². The number of hydrogen-bond donors (Lipinski definition) is 2. The third kappa shape index (κ3) is 1.78. The highest BCUT2D eigenvalue weighted by Gasteiger charge is 2.75. The molecule has 0 unspecified atom stereocenters. The van der Waals surface area contributed by atoms with E-state index in [0.29, 0.717) is 33.4 Å². The Hall–Kier alpha value is -4.84. The second-order valence-electron chi connectivity index (χ2n) is 10.7. The van der Waals surface area contributed by atoms with Gasteiger partial charge in [-0.25, -0.2) is 0 Å². The highest BCUT2D eigenvalue weighted by atomic mass is 16.2. The Bertz CT molecular complexity index is 1750. The molecule has 0 radical (unpaired) electrons. The summed E-state index contributed by atoms with van der Waals surface area (Å²) >= 11 is 0. The molecule has 4 aromatic rings. The lowest BCUT2D eigenvalue weighted by Gasteiger charge is -2.62. The molecule has 0 saturated carbocycles. The van der Waals surface area contributed by atoms with Gasteiger partial charge in [0, 0.05) is 23.0 Å². The Morgan fingerprint density at radius 3 is 1.32 bits per heavy atom. The molecule has 6 nitrogen and oxygen atoms in total. The summed E-state index contributed by atoms with van der Waals surface area (Å²) in [7, 11) is 0. The van der Waals surface area contributed by atoms with E-state index in [9.17, 15) is 19.2 Å². The Morgan fingerprint density at radius 1 is 0.474 bits per heavy atom. The molecule has 2 heterocycles. The van der Waals surface area contributed by atoms with Crippen LogP contribution in [-0.2, 0) is 20.4 Å². The van der Waals surface area contributed by atoms with Crippen molar-refractivity contribution in [3.63, 3.8) is 0 Å². The van der Waals surface area contributed by atoms with Gasteiger partial charge in [-0.05, 0) is 56.6 Å². The maximum atomic E-state index is 14.7. The maximum Gasteiger partial charge on any atom is 0.258 e. The van der Waals surface area contributed by atoms with Gasteiger partial charge in [0.25, 0.3) is 11.8 Å². The van der Waals surface area contributed by atoms with E-state index in [-0.39, 0.29) is 11.8 Å². The van der Waals surface area contributed by atoms with E-state index in [2.05, 4.69) is 10.6 Å². The lowest BCUT2D eigenvalue weighted by atomic mass is 9.38. The van der Waals surface area contributed by atoms with Crippen LogP contribution in [0, 0.1) is 0 Å². The van der Waals surface area contributed by atoms with Crippen LogP contribution in [-0.4, -0.2) is 23.6 Å². The molecule has 4 aromatic carbocycles. The van der Waals surface area contributed by atoms with Crippen molar-refractivity contribution in [3.05, 3.63) is 141 Å². The van der Waals surface area contributed by atoms with Gasteiger partial charge in [0.1, 0.15) is 10.8 Å². The van der Waals surface area contributed by atoms with Gasteiger partial charge in [0.05, 0.1) is 0 Å². The predicted octanol–water partition coefficient (Wildman–Crippen LogP) is 3.40. The Balaban J connectivity index is 1.66. The van der Waals surface area contributed by atoms with Crippen molar-refractivity contribution in [1.82, 2.24) is 10.6 Å². The first kappa shape index (κ1) is 20.2. The summed E-state index contributed by atoms with van der Waals surface area (Å²) in [6.45, 7) is 0. The number of amides is 4. The Labute approximate surface area is 216 Å². The molecule has 180 valence electrons. The van der Waals surface area contributed by atoms with Crippen molar-refractivity contribution in [1.29, 1.82) is 0 Å². The van der Waals surface area contributed by atoms with Gasteiger partial charge in [0.2, 0.25) is 11.8 Å². The molecular formula is C32H18N2O4. The molecule has 4 atom stereocenters. The van der Waals surface area contributed by atoms with Gasteiger partial charge in [-0.15, -0.1) is 0 Å². The van der Waals surface area contributed by atoms with E-state index in [1.54, 1.807) is 12.1 Å². The second-order valence-corrected chi connectivity index (χ2v) is 10.7. The van der Waals surface area contributed by atoms with Crippen LogP contribution >= 0.6 is 0 Å². The van der Waals surface area contributed by atoms with Crippen LogP contribution < -0.4 is 10.6 Å². The summed E-state index contributed by atoms with van der Waals surface area (Å²) in [5, 5.41) is 5.28. The Kier molecular flexibility index (Phi) is 3.29. The number of carbonyl (C=O) groups excluding carboxylic acids is 4. The molecule has 4 bridgehead atoms. The minimum absolute atomic E-state index is 0.223. The van der Waals surface area contributed by atoms with E-state index < -0.39 is 34.5 Å². The number of imide groups is 2. The van der Waals surface area contributed by atoms with Crippen molar-refractivity contribution in [2.45, 2.75) is 22.7 Å². The zero-order valence-corrected chi connectivity index (χ0v) is 19.9. The van der Waals surface area contributed by atoms with Crippen LogP contribution in [0.1, 0.15) is 77.1 Å². The average Bonchev–Trinajstić information content (AvgIpc) is 2.92.